The number of rotatable bonds is 2. The number of imidazole rings is 2. The molecule has 4 aromatic heterocycles. The SMILES string of the molecule is O=c1[nH]c(=O)c2ncn([C@H]3C[C@H](O)[C@@H](CO)O3)c2[nH]1.c1ncc2nc[nH]c2n1. The molecule has 1 saturated heterocycles. The molecule has 0 aromatic carbocycles. The number of fused-ring (bicyclic) bond motifs is 2. The van der Waals surface area contributed by atoms with E-state index in [9.17, 15) is 14.7 Å². The summed E-state index contributed by atoms with van der Waals surface area (Å²) < 4.78 is 6.91. The first-order valence-corrected chi connectivity index (χ1v) is 8.29. The number of hydrogen-bond acceptors (Lipinski definition) is 9. The molecule has 13 heteroatoms. The van der Waals surface area contributed by atoms with Crippen molar-refractivity contribution >= 4 is 22.3 Å². The van der Waals surface area contributed by atoms with E-state index in [0.717, 1.165) is 11.2 Å². The predicted molar refractivity (Wildman–Crippen MR) is 94.3 cm³/mol. The van der Waals surface area contributed by atoms with Gasteiger partial charge in [-0.3, -0.25) is 19.3 Å². The molecule has 0 aliphatic carbocycles. The Kier molecular flexibility index (Phi) is 4.68. The van der Waals surface area contributed by atoms with Crippen LogP contribution in [0.15, 0.2) is 34.8 Å². The lowest BCUT2D eigenvalue weighted by atomic mass is 10.2. The monoisotopic (exact) mass is 388 g/mol. The maximum absolute atomic E-state index is 11.5. The molecule has 0 radical (unpaired) electrons. The number of aliphatic hydroxyl groups excluding tert-OH is 2. The van der Waals surface area contributed by atoms with E-state index in [-0.39, 0.29) is 24.2 Å². The zero-order chi connectivity index (χ0) is 19.7. The topological polar surface area (TPSA) is 188 Å². The number of aromatic nitrogens is 8. The van der Waals surface area contributed by atoms with Crippen molar-refractivity contribution in [2.75, 3.05) is 6.61 Å². The molecule has 1 aliphatic rings. The molecule has 0 saturated carbocycles. The Morgan fingerprint density at radius 3 is 2.86 bits per heavy atom. The average molecular weight is 388 g/mol. The molecule has 5 heterocycles. The lowest BCUT2D eigenvalue weighted by Crippen LogP contribution is -2.24. The van der Waals surface area contributed by atoms with Crippen molar-refractivity contribution in [1.29, 1.82) is 0 Å². The molecular weight excluding hydrogens is 372 g/mol. The summed E-state index contributed by atoms with van der Waals surface area (Å²) in [5, 5.41) is 18.7. The van der Waals surface area contributed by atoms with Gasteiger partial charge < -0.3 is 19.9 Å². The van der Waals surface area contributed by atoms with E-state index in [1.807, 2.05) is 0 Å². The van der Waals surface area contributed by atoms with E-state index < -0.39 is 29.7 Å². The van der Waals surface area contributed by atoms with Gasteiger partial charge in [0.15, 0.2) is 11.2 Å². The summed E-state index contributed by atoms with van der Waals surface area (Å²) >= 11 is 0. The van der Waals surface area contributed by atoms with E-state index in [1.165, 1.54) is 17.2 Å². The normalized spacial score (nSPS) is 21.7. The van der Waals surface area contributed by atoms with E-state index in [0.29, 0.717) is 0 Å². The number of nitrogens with one attached hydrogen (secondary N) is 3. The Balaban J connectivity index is 0.000000177. The number of ether oxygens (including phenoxy) is 1. The van der Waals surface area contributed by atoms with Crippen LogP contribution >= 0.6 is 0 Å². The van der Waals surface area contributed by atoms with Gasteiger partial charge >= 0.3 is 5.69 Å². The van der Waals surface area contributed by atoms with Gasteiger partial charge in [0.2, 0.25) is 0 Å². The van der Waals surface area contributed by atoms with Crippen molar-refractivity contribution in [2.24, 2.45) is 0 Å². The molecule has 146 valence electrons. The van der Waals surface area contributed by atoms with Crippen molar-refractivity contribution in [2.45, 2.75) is 24.9 Å². The van der Waals surface area contributed by atoms with Crippen LogP contribution in [0.5, 0.6) is 0 Å². The maximum atomic E-state index is 11.5. The van der Waals surface area contributed by atoms with E-state index in [4.69, 9.17) is 9.84 Å². The first kappa shape index (κ1) is 18.0. The number of aromatic amines is 3. The van der Waals surface area contributed by atoms with Crippen molar-refractivity contribution in [3.8, 4) is 0 Å². The second-order valence-electron chi connectivity index (χ2n) is 6.03. The minimum atomic E-state index is -0.804. The zero-order valence-corrected chi connectivity index (χ0v) is 14.3. The smallest absolute Gasteiger partial charge is 0.327 e. The van der Waals surface area contributed by atoms with Gasteiger partial charge in [0, 0.05) is 6.42 Å². The highest BCUT2D eigenvalue weighted by molar-refractivity contribution is 5.69. The third-order valence-electron chi connectivity index (χ3n) is 4.26. The molecule has 5 N–H and O–H groups in total. The number of nitrogens with zero attached hydrogens (tertiary/aromatic N) is 5. The Morgan fingerprint density at radius 1 is 1.25 bits per heavy atom. The molecule has 0 unspecified atom stereocenters. The van der Waals surface area contributed by atoms with Crippen LogP contribution in [0, 0.1) is 0 Å². The summed E-state index contributed by atoms with van der Waals surface area (Å²) in [6.07, 6.45) is 4.27. The summed E-state index contributed by atoms with van der Waals surface area (Å²) in [5.74, 6) is 0. The van der Waals surface area contributed by atoms with Gasteiger partial charge in [0.05, 0.1) is 31.6 Å². The maximum Gasteiger partial charge on any atom is 0.327 e. The van der Waals surface area contributed by atoms with Crippen LogP contribution in [-0.4, -0.2) is 68.5 Å². The Labute approximate surface area is 155 Å². The second-order valence-corrected chi connectivity index (χ2v) is 6.03. The van der Waals surface area contributed by atoms with Crippen LogP contribution in [0.4, 0.5) is 0 Å². The molecule has 1 fully saturated rings. The molecule has 4 aromatic rings. The standard InChI is InChI=1S/C10H12N4O5.C5H4N4/c15-2-5-4(16)1-6(19-5)14-3-11-7-8(14)12-10(18)13-9(7)17;1-4-5(8-2-6-1)9-3-7-4/h3-6,15-16H,1-2H2,(H2,12,13,17,18);1-3H,(H,6,7,8,9)/t4-,5+,6+;/m0./s1. The van der Waals surface area contributed by atoms with Crippen LogP contribution in [0.3, 0.4) is 0 Å². The lowest BCUT2D eigenvalue weighted by Gasteiger charge is -2.13. The van der Waals surface area contributed by atoms with Gasteiger partial charge in [-0.05, 0) is 0 Å². The van der Waals surface area contributed by atoms with Gasteiger partial charge in [-0.2, -0.15) is 0 Å². The zero-order valence-electron chi connectivity index (χ0n) is 14.3. The Bertz CT molecular complexity index is 1180. The van der Waals surface area contributed by atoms with Crippen molar-refractivity contribution in [1.82, 2.24) is 39.5 Å². The van der Waals surface area contributed by atoms with Crippen LogP contribution in [-0.2, 0) is 4.74 Å². The van der Waals surface area contributed by atoms with Gasteiger partial charge in [-0.15, -0.1) is 0 Å². The highest BCUT2D eigenvalue weighted by atomic mass is 16.5. The number of aliphatic hydroxyl groups is 2. The van der Waals surface area contributed by atoms with Crippen molar-refractivity contribution < 1.29 is 14.9 Å². The molecule has 3 atom stereocenters. The fraction of sp³-hybridized carbons (Fsp3) is 0.333. The third kappa shape index (κ3) is 3.28. The first-order valence-electron chi connectivity index (χ1n) is 8.29. The lowest BCUT2D eigenvalue weighted by molar-refractivity contribution is -0.0432. The summed E-state index contributed by atoms with van der Waals surface area (Å²) in [7, 11) is 0. The minimum Gasteiger partial charge on any atom is -0.394 e. The molecule has 0 bridgehead atoms. The highest BCUT2D eigenvalue weighted by Gasteiger charge is 2.35. The van der Waals surface area contributed by atoms with E-state index in [2.05, 4.69) is 34.9 Å². The predicted octanol–water partition coefficient (Wildman–Crippen LogP) is -1.59. The van der Waals surface area contributed by atoms with Gasteiger partial charge in [0.25, 0.3) is 5.56 Å². The Hall–Kier alpha value is -3.42. The summed E-state index contributed by atoms with van der Waals surface area (Å²) in [6, 6.07) is 0. The third-order valence-corrected chi connectivity index (χ3v) is 4.26. The van der Waals surface area contributed by atoms with Crippen LogP contribution < -0.4 is 11.2 Å². The van der Waals surface area contributed by atoms with Crippen LogP contribution in [0.2, 0.25) is 0 Å². The van der Waals surface area contributed by atoms with Crippen LogP contribution in [0.25, 0.3) is 22.3 Å². The van der Waals surface area contributed by atoms with Gasteiger partial charge in [-0.1, -0.05) is 0 Å². The molecule has 0 amide bonds. The van der Waals surface area contributed by atoms with Gasteiger partial charge in [0.1, 0.15) is 29.8 Å². The van der Waals surface area contributed by atoms with Crippen LogP contribution in [0.1, 0.15) is 12.6 Å². The molecule has 13 nitrogen and oxygen atoms in total. The number of H-pyrrole nitrogens is 3. The summed E-state index contributed by atoms with van der Waals surface area (Å²) in [5.41, 5.74) is 0.670. The fourth-order valence-corrected chi connectivity index (χ4v) is 2.91. The molecule has 0 spiro atoms. The fourth-order valence-electron chi connectivity index (χ4n) is 2.91. The number of hydrogen-bond donors (Lipinski definition) is 5. The molecule has 5 rings (SSSR count). The second kappa shape index (κ2) is 7.30. The quantitative estimate of drug-likeness (QED) is 0.269. The summed E-state index contributed by atoms with van der Waals surface area (Å²) in [6.45, 7) is -0.304. The van der Waals surface area contributed by atoms with E-state index >= 15 is 0 Å². The summed E-state index contributed by atoms with van der Waals surface area (Å²) in [4.78, 5) is 45.7. The van der Waals surface area contributed by atoms with Gasteiger partial charge in [-0.25, -0.2) is 24.7 Å². The average Bonchev–Trinajstić information content (AvgIpc) is 3.39. The Morgan fingerprint density at radius 2 is 2.11 bits per heavy atom. The highest BCUT2D eigenvalue weighted by Crippen LogP contribution is 2.29. The first-order chi connectivity index (χ1) is 13.6. The molecule has 1 aliphatic heterocycles. The van der Waals surface area contributed by atoms with Crippen molar-refractivity contribution in [3.05, 3.63) is 46.0 Å². The van der Waals surface area contributed by atoms with Crippen molar-refractivity contribution in [3.63, 3.8) is 0 Å². The molecule has 28 heavy (non-hydrogen) atoms. The molecular formula is C15H16N8O5. The largest absolute Gasteiger partial charge is 0.394 e. The minimum absolute atomic E-state index is 0.0881. The van der Waals surface area contributed by atoms with E-state index in [1.54, 1.807) is 12.5 Å².